The average Bonchev–Trinajstić information content (AvgIpc) is 2.38. The van der Waals surface area contributed by atoms with Crippen molar-refractivity contribution in [2.24, 2.45) is 0 Å². The summed E-state index contributed by atoms with van der Waals surface area (Å²) in [5, 5.41) is 38.4. The molecular weight excluding hydrogens is 300 g/mol. The van der Waals surface area contributed by atoms with Gasteiger partial charge in [-0.15, -0.1) is 0 Å². The minimum Gasteiger partial charge on any atom is -0.391 e. The minimum absolute atomic E-state index is 0.133. The van der Waals surface area contributed by atoms with Gasteiger partial charge in [-0.2, -0.15) is 0 Å². The van der Waals surface area contributed by atoms with E-state index in [1.165, 1.54) is 27.7 Å². The average molecular weight is 328 g/mol. The van der Waals surface area contributed by atoms with Gasteiger partial charge in [0.15, 0.2) is 0 Å². The summed E-state index contributed by atoms with van der Waals surface area (Å²) in [6, 6.07) is 0. The van der Waals surface area contributed by atoms with Gasteiger partial charge in [-0.1, -0.05) is 0 Å². The van der Waals surface area contributed by atoms with Gasteiger partial charge in [0.05, 0.1) is 61.5 Å². The van der Waals surface area contributed by atoms with Crippen molar-refractivity contribution in [3.63, 3.8) is 0 Å². The second-order valence-corrected chi connectivity index (χ2v) is 5.05. The third-order valence-corrected chi connectivity index (χ3v) is 1.84. The van der Waals surface area contributed by atoms with E-state index < -0.39 is 24.4 Å². The molecule has 0 amide bonds. The van der Waals surface area contributed by atoms with Crippen molar-refractivity contribution in [1.29, 1.82) is 0 Å². The molecule has 0 saturated heterocycles. The molecule has 0 spiro atoms. The molecule has 0 aliphatic heterocycles. The van der Waals surface area contributed by atoms with Gasteiger partial charge in [0.1, 0.15) is 0 Å². The Hall–Kier alpha value is -0.400. The molecule has 10 nitrogen and oxygen atoms in total. The highest BCUT2D eigenvalue weighted by atomic mass is 17.1. The maximum atomic E-state index is 9.26. The van der Waals surface area contributed by atoms with Crippen molar-refractivity contribution in [3.05, 3.63) is 0 Å². The fraction of sp³-hybridized carbons (Fsp3) is 1.00. The van der Waals surface area contributed by atoms with E-state index in [1.54, 1.807) is 0 Å². The molecule has 0 aromatic carbocycles. The molecule has 4 unspecified atom stereocenters. The van der Waals surface area contributed by atoms with E-state index in [0.29, 0.717) is 10.7 Å². The van der Waals surface area contributed by atoms with Crippen LogP contribution in [0, 0.1) is 0 Å². The highest BCUT2D eigenvalue weighted by Crippen LogP contribution is 2.07. The normalized spacial score (nSPS) is 17.7. The molecule has 0 heterocycles. The van der Waals surface area contributed by atoms with Gasteiger partial charge in [-0.3, -0.25) is 19.4 Å². The number of hydrogen-bond donors (Lipinski definition) is 4. The Morgan fingerprint density at radius 2 is 0.727 bits per heavy atom. The molecule has 0 aromatic rings. The summed E-state index contributed by atoms with van der Waals surface area (Å²) in [5.41, 5.74) is 0. The molecule has 4 atom stereocenters. The van der Waals surface area contributed by atoms with Crippen LogP contribution in [0.3, 0.4) is 0 Å². The fourth-order valence-electron chi connectivity index (χ4n) is 0.950. The topological polar surface area (TPSA) is 124 Å². The summed E-state index contributed by atoms with van der Waals surface area (Å²) in [6.45, 7) is 5.49. The van der Waals surface area contributed by atoms with Crippen LogP contribution in [0.5, 0.6) is 0 Å². The number of aliphatic hydroxyl groups is 4. The van der Waals surface area contributed by atoms with Gasteiger partial charge in [-0.25, -0.2) is 0 Å². The number of rotatable bonds is 13. The third-order valence-electron chi connectivity index (χ3n) is 1.84. The lowest BCUT2D eigenvalue weighted by Crippen LogP contribution is -2.46. The first kappa shape index (κ1) is 21.6. The van der Waals surface area contributed by atoms with E-state index in [2.05, 4.69) is 0 Å². The van der Waals surface area contributed by atoms with Gasteiger partial charge < -0.3 is 20.4 Å². The summed E-state index contributed by atoms with van der Waals surface area (Å²) in [6.07, 6.45) is -3.14. The van der Waals surface area contributed by atoms with Gasteiger partial charge in [0.2, 0.25) is 0 Å². The second-order valence-electron chi connectivity index (χ2n) is 5.05. The zero-order valence-corrected chi connectivity index (χ0v) is 13.5. The molecule has 0 aliphatic carbocycles. The molecule has 0 aromatic heterocycles. The predicted octanol–water partition coefficient (Wildman–Crippen LogP) is -1.24. The van der Waals surface area contributed by atoms with Crippen LogP contribution in [-0.4, -0.2) is 81.9 Å². The molecule has 4 N–H and O–H groups in total. The Morgan fingerprint density at radius 3 is 0.864 bits per heavy atom. The summed E-state index contributed by atoms with van der Waals surface area (Å²) < 4.78 is 0. The zero-order chi connectivity index (χ0) is 17.1. The largest absolute Gasteiger partial charge is 0.391 e. The highest BCUT2D eigenvalue weighted by molar-refractivity contribution is 4.42. The number of hydrogen-bond acceptors (Lipinski definition) is 10. The van der Waals surface area contributed by atoms with Crippen LogP contribution >= 0.6 is 0 Å². The van der Waals surface area contributed by atoms with E-state index in [0.717, 1.165) is 0 Å². The van der Waals surface area contributed by atoms with E-state index >= 15 is 0 Å². The van der Waals surface area contributed by atoms with Gasteiger partial charge >= 0.3 is 0 Å². The molecule has 0 rings (SSSR count). The Balaban J connectivity index is 4.70. The first-order chi connectivity index (χ1) is 10.2. The summed E-state index contributed by atoms with van der Waals surface area (Å²) in [4.78, 5) is 20.6. The maximum absolute atomic E-state index is 9.26. The first-order valence-corrected chi connectivity index (χ1v) is 7.06. The van der Waals surface area contributed by atoms with Gasteiger partial charge in [-0.05, 0) is 27.7 Å². The Morgan fingerprint density at radius 1 is 0.545 bits per heavy atom. The van der Waals surface area contributed by atoms with Crippen LogP contribution in [0.2, 0.25) is 0 Å². The number of nitrogens with zero attached hydrogens (tertiary/aromatic N) is 2. The zero-order valence-electron chi connectivity index (χ0n) is 13.5. The smallest absolute Gasteiger partial charge is 0.0984 e. The van der Waals surface area contributed by atoms with E-state index in [-0.39, 0.29) is 26.4 Å². The van der Waals surface area contributed by atoms with E-state index in [9.17, 15) is 20.4 Å². The predicted molar refractivity (Wildman–Crippen MR) is 74.2 cm³/mol. The van der Waals surface area contributed by atoms with Crippen LogP contribution in [0.15, 0.2) is 0 Å². The molecule has 22 heavy (non-hydrogen) atoms. The SMILES string of the molecule is CC(O)CON(OCC(C)O)N(OCC(C)O)OCC(C)O. The summed E-state index contributed by atoms with van der Waals surface area (Å²) in [5.74, 6) is 0. The molecule has 0 saturated carbocycles. The standard InChI is InChI=1S/C12H28N2O8/c1-9(15)5-19-13(20-6-10(2)16)14(21-7-11(3)17)22-8-12(4)18/h9-12,15-18H,5-8H2,1-4H3. The quantitative estimate of drug-likeness (QED) is 0.305. The van der Waals surface area contributed by atoms with Crippen molar-refractivity contribution in [2.45, 2.75) is 52.1 Å². The van der Waals surface area contributed by atoms with Crippen LogP contribution < -0.4 is 0 Å². The maximum Gasteiger partial charge on any atom is 0.0984 e. The molecule has 10 heteroatoms. The molecular formula is C12H28N2O8. The van der Waals surface area contributed by atoms with Crippen LogP contribution in [0.4, 0.5) is 0 Å². The van der Waals surface area contributed by atoms with Gasteiger partial charge in [0.25, 0.3) is 0 Å². The van der Waals surface area contributed by atoms with Crippen LogP contribution in [0.1, 0.15) is 27.7 Å². The Labute approximate surface area is 130 Å². The highest BCUT2D eigenvalue weighted by Gasteiger charge is 2.23. The monoisotopic (exact) mass is 328 g/mol. The van der Waals surface area contributed by atoms with Gasteiger partial charge in [0, 0.05) is 0 Å². The van der Waals surface area contributed by atoms with Crippen molar-refractivity contribution >= 4 is 0 Å². The van der Waals surface area contributed by atoms with Crippen molar-refractivity contribution < 1.29 is 39.8 Å². The van der Waals surface area contributed by atoms with Crippen LogP contribution in [0.25, 0.3) is 0 Å². The lowest BCUT2D eigenvalue weighted by atomic mass is 10.5. The molecule has 0 fully saturated rings. The van der Waals surface area contributed by atoms with Crippen LogP contribution in [-0.2, 0) is 19.4 Å². The minimum atomic E-state index is -0.784. The summed E-state index contributed by atoms with van der Waals surface area (Å²) in [7, 11) is 0. The second kappa shape index (κ2) is 12.1. The molecule has 0 radical (unpaired) electrons. The van der Waals surface area contributed by atoms with E-state index in [4.69, 9.17) is 19.4 Å². The van der Waals surface area contributed by atoms with Crippen molar-refractivity contribution in [2.75, 3.05) is 26.4 Å². The first-order valence-electron chi connectivity index (χ1n) is 7.06. The Kier molecular flexibility index (Phi) is 11.9. The summed E-state index contributed by atoms with van der Waals surface area (Å²) >= 11 is 0. The molecule has 0 bridgehead atoms. The molecule has 134 valence electrons. The third kappa shape index (κ3) is 12.2. The lowest BCUT2D eigenvalue weighted by molar-refractivity contribution is -0.621. The van der Waals surface area contributed by atoms with Crippen molar-refractivity contribution in [3.8, 4) is 0 Å². The molecule has 0 aliphatic rings. The number of hydrazine groups is 1. The lowest BCUT2D eigenvalue weighted by Gasteiger charge is -2.30. The number of aliphatic hydroxyl groups excluding tert-OH is 4. The van der Waals surface area contributed by atoms with Crippen molar-refractivity contribution in [1.82, 2.24) is 10.7 Å². The Bertz CT molecular complexity index is 216. The van der Waals surface area contributed by atoms with E-state index in [1.807, 2.05) is 0 Å². The fourth-order valence-corrected chi connectivity index (χ4v) is 0.950.